The first-order valence-corrected chi connectivity index (χ1v) is 9.26. The molecule has 2 heterocycles. The summed E-state index contributed by atoms with van der Waals surface area (Å²) in [6.07, 6.45) is 0.755. The van der Waals surface area contributed by atoms with Crippen LogP contribution in [0.4, 0.5) is 0 Å². The van der Waals surface area contributed by atoms with Crippen LogP contribution in [0, 0.1) is 25.7 Å². The van der Waals surface area contributed by atoms with Gasteiger partial charge in [-0.1, -0.05) is 0 Å². The van der Waals surface area contributed by atoms with Gasteiger partial charge in [0.05, 0.1) is 24.8 Å². The number of ether oxygens (including phenoxy) is 1. The average molecular weight is 373 g/mol. The van der Waals surface area contributed by atoms with Gasteiger partial charge in [-0.25, -0.2) is 0 Å². The fourth-order valence-electron chi connectivity index (χ4n) is 3.22. The second kappa shape index (κ2) is 7.54. The van der Waals surface area contributed by atoms with Gasteiger partial charge in [-0.15, -0.1) is 0 Å². The third kappa shape index (κ3) is 4.20. The lowest BCUT2D eigenvalue weighted by Crippen LogP contribution is -2.33. The van der Waals surface area contributed by atoms with Crippen molar-refractivity contribution in [2.45, 2.75) is 33.7 Å². The molecule has 2 aromatic rings. The lowest BCUT2D eigenvalue weighted by atomic mass is 10.2. The summed E-state index contributed by atoms with van der Waals surface area (Å²) in [6, 6.07) is 3.76. The molecule has 2 aromatic heterocycles. The third-order valence-corrected chi connectivity index (χ3v) is 5.10. The van der Waals surface area contributed by atoms with Crippen molar-refractivity contribution in [2.24, 2.45) is 25.9 Å². The van der Waals surface area contributed by atoms with Crippen molar-refractivity contribution in [1.82, 2.24) is 24.5 Å². The molecule has 0 aromatic carbocycles. The highest BCUT2D eigenvalue weighted by Gasteiger charge is 2.45. The van der Waals surface area contributed by atoms with Crippen molar-refractivity contribution in [2.75, 3.05) is 13.2 Å². The lowest BCUT2D eigenvalue weighted by Gasteiger charge is -2.21. The van der Waals surface area contributed by atoms with Crippen LogP contribution < -0.4 is 0 Å². The molecule has 8 nitrogen and oxygen atoms in total. The van der Waals surface area contributed by atoms with Gasteiger partial charge in [-0.05, 0) is 45.2 Å². The Kier molecular flexibility index (Phi) is 5.34. The second-order valence-corrected chi connectivity index (χ2v) is 7.24. The number of hydrogen-bond donors (Lipinski definition) is 0. The molecule has 0 N–H and O–H groups in total. The number of carbonyl (C=O) groups excluding carboxylic acids is 2. The van der Waals surface area contributed by atoms with E-state index in [9.17, 15) is 9.59 Å². The van der Waals surface area contributed by atoms with Crippen molar-refractivity contribution in [3.63, 3.8) is 0 Å². The summed E-state index contributed by atoms with van der Waals surface area (Å²) in [5.41, 5.74) is 3.19. The van der Waals surface area contributed by atoms with Crippen molar-refractivity contribution in [3.8, 4) is 0 Å². The summed E-state index contributed by atoms with van der Waals surface area (Å²) in [5.74, 6) is -0.299. The predicted octanol–water partition coefficient (Wildman–Crippen LogP) is 1.61. The first-order chi connectivity index (χ1) is 12.8. The molecule has 0 saturated heterocycles. The van der Waals surface area contributed by atoms with Gasteiger partial charge >= 0.3 is 5.97 Å². The van der Waals surface area contributed by atoms with E-state index in [1.807, 2.05) is 34.0 Å². The molecule has 1 aliphatic carbocycles. The molecule has 0 aliphatic heterocycles. The van der Waals surface area contributed by atoms with Crippen LogP contribution in [0.2, 0.25) is 0 Å². The zero-order valence-electron chi connectivity index (χ0n) is 16.6. The van der Waals surface area contributed by atoms with Crippen LogP contribution in [0.15, 0.2) is 12.1 Å². The average Bonchev–Trinajstić information content (AvgIpc) is 3.20. The molecule has 2 atom stereocenters. The highest BCUT2D eigenvalue weighted by molar-refractivity contribution is 5.92. The van der Waals surface area contributed by atoms with Gasteiger partial charge in [-0.2, -0.15) is 10.2 Å². The van der Waals surface area contributed by atoms with E-state index in [4.69, 9.17) is 4.74 Å². The van der Waals surface area contributed by atoms with E-state index in [2.05, 4.69) is 10.2 Å². The minimum absolute atomic E-state index is 0.115. The van der Waals surface area contributed by atoms with Crippen molar-refractivity contribution < 1.29 is 14.3 Å². The largest absolute Gasteiger partial charge is 0.466 e. The summed E-state index contributed by atoms with van der Waals surface area (Å²) in [5, 5.41) is 8.78. The smallest absolute Gasteiger partial charge is 0.309 e. The van der Waals surface area contributed by atoms with Crippen LogP contribution in [-0.4, -0.2) is 49.5 Å². The highest BCUT2D eigenvalue weighted by Crippen LogP contribution is 2.40. The number of aromatic nitrogens is 4. The Hall–Kier alpha value is -2.64. The van der Waals surface area contributed by atoms with Gasteiger partial charge < -0.3 is 9.64 Å². The Labute approximate surface area is 159 Å². The molecule has 27 heavy (non-hydrogen) atoms. The molecule has 0 bridgehead atoms. The van der Waals surface area contributed by atoms with Crippen LogP contribution in [0.5, 0.6) is 0 Å². The van der Waals surface area contributed by atoms with Crippen LogP contribution in [0.3, 0.4) is 0 Å². The van der Waals surface area contributed by atoms with Gasteiger partial charge in [0.1, 0.15) is 0 Å². The zero-order chi connectivity index (χ0) is 19.7. The van der Waals surface area contributed by atoms with Gasteiger partial charge in [0.15, 0.2) is 5.69 Å². The Balaban J connectivity index is 1.76. The van der Waals surface area contributed by atoms with Crippen LogP contribution in [0.1, 0.15) is 40.9 Å². The first kappa shape index (κ1) is 19.1. The summed E-state index contributed by atoms with van der Waals surface area (Å²) in [7, 11) is 3.70. The zero-order valence-corrected chi connectivity index (χ0v) is 16.6. The number of rotatable bonds is 7. The van der Waals surface area contributed by atoms with E-state index in [1.54, 1.807) is 27.3 Å². The fraction of sp³-hybridized carbons (Fsp3) is 0.579. The molecule has 8 heteroatoms. The molecule has 3 rings (SSSR count). The number of aryl methyl sites for hydroxylation is 4. The molecule has 1 saturated carbocycles. The number of nitrogens with zero attached hydrogens (tertiary/aromatic N) is 5. The Bertz CT molecular complexity index is 815. The van der Waals surface area contributed by atoms with E-state index in [-0.39, 0.29) is 23.7 Å². The summed E-state index contributed by atoms with van der Waals surface area (Å²) in [6.45, 7) is 6.95. The van der Waals surface area contributed by atoms with Gasteiger partial charge in [0.2, 0.25) is 0 Å². The Morgan fingerprint density at radius 2 is 1.85 bits per heavy atom. The van der Waals surface area contributed by atoms with Crippen molar-refractivity contribution >= 4 is 11.9 Å². The van der Waals surface area contributed by atoms with E-state index in [0.717, 1.165) is 23.5 Å². The predicted molar refractivity (Wildman–Crippen MR) is 98.9 cm³/mol. The monoisotopic (exact) mass is 373 g/mol. The number of amides is 1. The highest BCUT2D eigenvalue weighted by atomic mass is 16.5. The normalized spacial score (nSPS) is 18.4. The van der Waals surface area contributed by atoms with Gasteiger partial charge in [-0.3, -0.25) is 19.0 Å². The molecular weight excluding hydrogens is 346 g/mol. The van der Waals surface area contributed by atoms with Gasteiger partial charge in [0, 0.05) is 32.0 Å². The number of carbonyl (C=O) groups is 2. The molecule has 1 aliphatic rings. The van der Waals surface area contributed by atoms with Crippen LogP contribution in [0.25, 0.3) is 0 Å². The number of esters is 1. The third-order valence-electron chi connectivity index (χ3n) is 5.10. The Morgan fingerprint density at radius 1 is 1.19 bits per heavy atom. The maximum absolute atomic E-state index is 13.1. The second-order valence-electron chi connectivity index (χ2n) is 7.24. The van der Waals surface area contributed by atoms with Gasteiger partial charge in [0.25, 0.3) is 5.91 Å². The van der Waals surface area contributed by atoms with E-state index in [1.165, 1.54) is 0 Å². The molecule has 146 valence electrons. The standard InChI is InChI=1S/C19H27N5O3/c1-6-27-19(26)16-9-14(16)10-24(11-15-7-12(2)22(4)20-15)18(25)17-8-13(3)23(5)21-17/h7-8,14,16H,6,9-11H2,1-5H3/t14-,16+/m1/s1. The minimum Gasteiger partial charge on any atom is -0.466 e. The fourth-order valence-corrected chi connectivity index (χ4v) is 3.22. The lowest BCUT2D eigenvalue weighted by molar-refractivity contribution is -0.145. The van der Waals surface area contributed by atoms with E-state index in [0.29, 0.717) is 25.4 Å². The van der Waals surface area contributed by atoms with Crippen LogP contribution in [-0.2, 0) is 30.2 Å². The van der Waals surface area contributed by atoms with E-state index < -0.39 is 0 Å². The topological polar surface area (TPSA) is 82.3 Å². The molecule has 0 spiro atoms. The summed E-state index contributed by atoms with van der Waals surface area (Å²) < 4.78 is 8.59. The molecule has 1 amide bonds. The van der Waals surface area contributed by atoms with Crippen molar-refractivity contribution in [3.05, 3.63) is 34.9 Å². The molecule has 1 fully saturated rings. The number of hydrogen-bond acceptors (Lipinski definition) is 5. The summed E-state index contributed by atoms with van der Waals surface area (Å²) >= 11 is 0. The Morgan fingerprint density at radius 3 is 2.41 bits per heavy atom. The van der Waals surface area contributed by atoms with Crippen molar-refractivity contribution in [1.29, 1.82) is 0 Å². The SMILES string of the molecule is CCOC(=O)[C@H]1C[C@@H]1CN(Cc1cc(C)n(C)n1)C(=O)c1cc(C)n(C)n1. The first-order valence-electron chi connectivity index (χ1n) is 9.26. The quantitative estimate of drug-likeness (QED) is 0.689. The van der Waals surface area contributed by atoms with E-state index >= 15 is 0 Å². The maximum Gasteiger partial charge on any atom is 0.309 e. The summed E-state index contributed by atoms with van der Waals surface area (Å²) in [4.78, 5) is 26.7. The molecule has 0 unspecified atom stereocenters. The molecule has 0 radical (unpaired) electrons. The maximum atomic E-state index is 13.1. The minimum atomic E-state index is -0.169. The van der Waals surface area contributed by atoms with Crippen LogP contribution >= 0.6 is 0 Å². The molecular formula is C19H27N5O3.